The summed E-state index contributed by atoms with van der Waals surface area (Å²) >= 11 is 6.03. The summed E-state index contributed by atoms with van der Waals surface area (Å²) in [6, 6.07) is 7.34. The van der Waals surface area contributed by atoms with Crippen molar-refractivity contribution in [2.45, 2.75) is 32.0 Å². The molecule has 0 fully saturated rings. The molecule has 1 N–H and O–H groups in total. The van der Waals surface area contributed by atoms with Crippen LogP contribution in [0.25, 0.3) is 0 Å². The molecule has 0 heterocycles. The van der Waals surface area contributed by atoms with Crippen LogP contribution in [0.1, 0.15) is 25.8 Å². The van der Waals surface area contributed by atoms with Gasteiger partial charge in [0, 0.05) is 24.1 Å². The van der Waals surface area contributed by atoms with Gasteiger partial charge >= 0.3 is 0 Å². The van der Waals surface area contributed by atoms with Gasteiger partial charge in [0.1, 0.15) is 0 Å². The average Bonchev–Trinajstić information content (AvgIpc) is 2.17. The zero-order chi connectivity index (χ0) is 11.5. The van der Waals surface area contributed by atoms with E-state index in [-0.39, 0.29) is 6.10 Å². The van der Waals surface area contributed by atoms with Gasteiger partial charge in [-0.1, -0.05) is 29.8 Å². The lowest BCUT2D eigenvalue weighted by atomic mass is 9.90. The average molecular weight is 229 g/mol. The maximum absolute atomic E-state index is 10.3. The molecular formula is C12H17ClO2. The zero-order valence-corrected chi connectivity index (χ0v) is 10.1. The maximum Gasteiger partial charge on any atom is 0.0907 e. The normalized spacial score (nSPS) is 17.1. The van der Waals surface area contributed by atoms with Crippen LogP contribution in [0.15, 0.2) is 24.3 Å². The highest BCUT2D eigenvalue weighted by Gasteiger charge is 2.27. The second kappa shape index (κ2) is 4.97. The molecule has 15 heavy (non-hydrogen) atoms. The number of rotatable bonds is 4. The van der Waals surface area contributed by atoms with Gasteiger partial charge in [-0.25, -0.2) is 0 Å². The van der Waals surface area contributed by atoms with E-state index in [1.54, 1.807) is 20.1 Å². The zero-order valence-electron chi connectivity index (χ0n) is 9.33. The molecule has 0 aliphatic rings. The standard InChI is InChI=1S/C12H17ClO2/c1-9(15-3)8-12(2,14)10-6-4-5-7-11(10)13/h4-7,9,14H,8H2,1-3H3. The van der Waals surface area contributed by atoms with Crippen LogP contribution in [0.5, 0.6) is 0 Å². The van der Waals surface area contributed by atoms with Crippen molar-refractivity contribution in [3.63, 3.8) is 0 Å². The molecule has 2 unspecified atom stereocenters. The molecule has 0 amide bonds. The Balaban J connectivity index is 2.90. The SMILES string of the molecule is COC(C)CC(C)(O)c1ccccc1Cl. The van der Waals surface area contributed by atoms with Crippen LogP contribution in [0.4, 0.5) is 0 Å². The number of aliphatic hydroxyl groups is 1. The summed E-state index contributed by atoms with van der Waals surface area (Å²) in [5.74, 6) is 0. The minimum Gasteiger partial charge on any atom is -0.385 e. The van der Waals surface area contributed by atoms with E-state index in [0.29, 0.717) is 11.4 Å². The Morgan fingerprint density at radius 2 is 2.07 bits per heavy atom. The predicted molar refractivity (Wildman–Crippen MR) is 62.1 cm³/mol. The third-order valence-electron chi connectivity index (χ3n) is 2.54. The summed E-state index contributed by atoms with van der Waals surface area (Å²) in [5, 5.41) is 10.9. The largest absolute Gasteiger partial charge is 0.385 e. The smallest absolute Gasteiger partial charge is 0.0907 e. The van der Waals surface area contributed by atoms with Crippen LogP contribution in [0, 0.1) is 0 Å². The highest BCUT2D eigenvalue weighted by Crippen LogP contribution is 2.31. The van der Waals surface area contributed by atoms with Crippen LogP contribution in [-0.2, 0) is 10.3 Å². The fourth-order valence-electron chi connectivity index (χ4n) is 1.65. The summed E-state index contributed by atoms with van der Waals surface area (Å²) in [7, 11) is 1.63. The van der Waals surface area contributed by atoms with E-state index in [1.165, 1.54) is 0 Å². The van der Waals surface area contributed by atoms with E-state index >= 15 is 0 Å². The number of methoxy groups -OCH3 is 1. The molecule has 3 heteroatoms. The van der Waals surface area contributed by atoms with Gasteiger partial charge in [-0.3, -0.25) is 0 Å². The Bertz CT molecular complexity index is 323. The minimum absolute atomic E-state index is 0.00345. The molecule has 0 aliphatic heterocycles. The van der Waals surface area contributed by atoms with Crippen molar-refractivity contribution in [3.8, 4) is 0 Å². The summed E-state index contributed by atoms with van der Waals surface area (Å²) in [6.45, 7) is 3.68. The number of hydrogen-bond acceptors (Lipinski definition) is 2. The van der Waals surface area contributed by atoms with Gasteiger partial charge < -0.3 is 9.84 Å². The van der Waals surface area contributed by atoms with Gasteiger partial charge in [0.05, 0.1) is 11.7 Å². The molecule has 84 valence electrons. The molecule has 0 aromatic heterocycles. The molecule has 2 atom stereocenters. The van der Waals surface area contributed by atoms with E-state index in [1.807, 2.05) is 25.1 Å². The third kappa shape index (κ3) is 3.20. The van der Waals surface area contributed by atoms with Gasteiger partial charge in [-0.2, -0.15) is 0 Å². The van der Waals surface area contributed by atoms with Gasteiger partial charge in [-0.15, -0.1) is 0 Å². The van der Waals surface area contributed by atoms with Crippen LogP contribution in [0.3, 0.4) is 0 Å². The van der Waals surface area contributed by atoms with Crippen molar-refractivity contribution in [1.82, 2.24) is 0 Å². The molecule has 1 aromatic rings. The summed E-state index contributed by atoms with van der Waals surface area (Å²) < 4.78 is 5.14. The number of halogens is 1. The second-order valence-electron chi connectivity index (χ2n) is 4.00. The Hall–Kier alpha value is -0.570. The van der Waals surface area contributed by atoms with Crippen LogP contribution in [0.2, 0.25) is 5.02 Å². The first kappa shape index (κ1) is 12.5. The summed E-state index contributed by atoms with van der Waals surface area (Å²) in [5.41, 5.74) is -0.205. The molecule has 0 bridgehead atoms. The van der Waals surface area contributed by atoms with Crippen LogP contribution in [-0.4, -0.2) is 18.3 Å². The quantitative estimate of drug-likeness (QED) is 0.859. The van der Waals surface area contributed by atoms with Crippen molar-refractivity contribution in [2.75, 3.05) is 7.11 Å². The van der Waals surface area contributed by atoms with Gasteiger partial charge in [0.15, 0.2) is 0 Å². The third-order valence-corrected chi connectivity index (χ3v) is 2.87. The summed E-state index contributed by atoms with van der Waals surface area (Å²) in [6.07, 6.45) is 0.518. The Kier molecular flexibility index (Phi) is 4.14. The highest BCUT2D eigenvalue weighted by atomic mass is 35.5. The molecule has 0 radical (unpaired) electrons. The van der Waals surface area contributed by atoms with E-state index in [0.717, 1.165) is 5.56 Å². The van der Waals surface area contributed by atoms with Crippen molar-refractivity contribution < 1.29 is 9.84 Å². The fraction of sp³-hybridized carbons (Fsp3) is 0.500. The van der Waals surface area contributed by atoms with Crippen molar-refractivity contribution in [3.05, 3.63) is 34.9 Å². The molecule has 1 aromatic carbocycles. The molecular weight excluding hydrogens is 212 g/mol. The monoisotopic (exact) mass is 228 g/mol. The number of ether oxygens (including phenoxy) is 1. The first-order valence-electron chi connectivity index (χ1n) is 4.97. The second-order valence-corrected chi connectivity index (χ2v) is 4.41. The lowest BCUT2D eigenvalue weighted by molar-refractivity contribution is -0.00960. The Morgan fingerprint density at radius 1 is 1.47 bits per heavy atom. The van der Waals surface area contributed by atoms with E-state index in [9.17, 15) is 5.11 Å². The first-order chi connectivity index (χ1) is 6.97. The van der Waals surface area contributed by atoms with Crippen molar-refractivity contribution in [2.24, 2.45) is 0 Å². The van der Waals surface area contributed by atoms with Gasteiger partial charge in [0.2, 0.25) is 0 Å². The number of benzene rings is 1. The minimum atomic E-state index is -0.951. The molecule has 0 spiro atoms. The van der Waals surface area contributed by atoms with E-state index in [2.05, 4.69) is 0 Å². The topological polar surface area (TPSA) is 29.5 Å². The van der Waals surface area contributed by atoms with Crippen molar-refractivity contribution in [1.29, 1.82) is 0 Å². The van der Waals surface area contributed by atoms with Crippen LogP contribution >= 0.6 is 11.6 Å². The predicted octanol–water partition coefficient (Wildman–Crippen LogP) is 2.97. The molecule has 0 saturated heterocycles. The number of hydrogen-bond donors (Lipinski definition) is 1. The van der Waals surface area contributed by atoms with E-state index < -0.39 is 5.60 Å². The fourth-order valence-corrected chi connectivity index (χ4v) is 1.99. The summed E-state index contributed by atoms with van der Waals surface area (Å²) in [4.78, 5) is 0. The lowest BCUT2D eigenvalue weighted by Crippen LogP contribution is -2.27. The Labute approximate surface area is 95.8 Å². The highest BCUT2D eigenvalue weighted by molar-refractivity contribution is 6.31. The molecule has 0 aliphatic carbocycles. The molecule has 2 nitrogen and oxygen atoms in total. The molecule has 1 rings (SSSR count). The first-order valence-corrected chi connectivity index (χ1v) is 5.35. The lowest BCUT2D eigenvalue weighted by Gasteiger charge is -2.27. The van der Waals surface area contributed by atoms with Crippen molar-refractivity contribution >= 4 is 11.6 Å². The Morgan fingerprint density at radius 3 is 2.60 bits per heavy atom. The maximum atomic E-state index is 10.3. The van der Waals surface area contributed by atoms with Crippen LogP contribution < -0.4 is 0 Å². The molecule has 0 saturated carbocycles. The van der Waals surface area contributed by atoms with Gasteiger partial charge in [0.25, 0.3) is 0 Å². The van der Waals surface area contributed by atoms with E-state index in [4.69, 9.17) is 16.3 Å². The van der Waals surface area contributed by atoms with Gasteiger partial charge in [-0.05, 0) is 19.9 Å².